The van der Waals surface area contributed by atoms with Crippen molar-refractivity contribution in [2.24, 2.45) is 5.10 Å². The van der Waals surface area contributed by atoms with Crippen LogP contribution in [0.2, 0.25) is 0 Å². The molecule has 0 atom stereocenters. The SMILES string of the molecule is CC(=O)NC(=S)NN=C(C)c1ccccc1. The summed E-state index contributed by atoms with van der Waals surface area (Å²) in [6.07, 6.45) is 0. The monoisotopic (exact) mass is 235 g/mol. The van der Waals surface area contributed by atoms with E-state index in [0.29, 0.717) is 0 Å². The number of nitrogens with one attached hydrogen (secondary N) is 2. The molecule has 0 unspecified atom stereocenters. The first-order valence-electron chi connectivity index (χ1n) is 4.77. The van der Waals surface area contributed by atoms with Crippen LogP contribution in [-0.4, -0.2) is 16.7 Å². The van der Waals surface area contributed by atoms with Gasteiger partial charge in [-0.1, -0.05) is 30.3 Å². The number of rotatable bonds is 2. The molecular formula is C11H13N3OS. The van der Waals surface area contributed by atoms with Crippen molar-refractivity contribution in [1.82, 2.24) is 10.7 Å². The van der Waals surface area contributed by atoms with Crippen LogP contribution in [0.15, 0.2) is 35.4 Å². The molecule has 0 heterocycles. The molecule has 1 aromatic carbocycles. The molecule has 5 heteroatoms. The van der Waals surface area contributed by atoms with Gasteiger partial charge in [0.15, 0.2) is 5.11 Å². The van der Waals surface area contributed by atoms with Gasteiger partial charge in [-0.25, -0.2) is 0 Å². The summed E-state index contributed by atoms with van der Waals surface area (Å²) in [6, 6.07) is 9.69. The summed E-state index contributed by atoms with van der Waals surface area (Å²) < 4.78 is 0. The van der Waals surface area contributed by atoms with E-state index in [2.05, 4.69) is 15.8 Å². The Hall–Kier alpha value is -1.75. The Kier molecular flexibility index (Phi) is 4.60. The molecule has 0 radical (unpaired) electrons. The van der Waals surface area contributed by atoms with E-state index in [1.807, 2.05) is 37.3 Å². The van der Waals surface area contributed by atoms with Crippen molar-refractivity contribution in [3.8, 4) is 0 Å². The predicted molar refractivity (Wildman–Crippen MR) is 68.2 cm³/mol. The molecule has 1 rings (SSSR count). The van der Waals surface area contributed by atoms with E-state index in [-0.39, 0.29) is 11.0 Å². The second kappa shape index (κ2) is 5.97. The third kappa shape index (κ3) is 4.18. The minimum Gasteiger partial charge on any atom is -0.302 e. The largest absolute Gasteiger partial charge is 0.302 e. The predicted octanol–water partition coefficient (Wildman–Crippen LogP) is 1.42. The van der Waals surface area contributed by atoms with E-state index in [1.165, 1.54) is 6.92 Å². The molecule has 4 nitrogen and oxygen atoms in total. The minimum atomic E-state index is -0.218. The highest BCUT2D eigenvalue weighted by Gasteiger charge is 1.98. The molecule has 0 aromatic heterocycles. The Balaban J connectivity index is 2.58. The van der Waals surface area contributed by atoms with Gasteiger partial charge >= 0.3 is 0 Å². The van der Waals surface area contributed by atoms with Crippen molar-refractivity contribution in [3.63, 3.8) is 0 Å². The van der Waals surface area contributed by atoms with Gasteiger partial charge in [0.25, 0.3) is 0 Å². The van der Waals surface area contributed by atoms with E-state index in [4.69, 9.17) is 12.2 Å². The maximum absolute atomic E-state index is 10.7. The summed E-state index contributed by atoms with van der Waals surface area (Å²) in [6.45, 7) is 3.25. The molecule has 1 aromatic rings. The topological polar surface area (TPSA) is 53.5 Å². The first kappa shape index (κ1) is 12.3. The number of hydrazone groups is 1. The zero-order valence-corrected chi connectivity index (χ0v) is 9.97. The third-order valence-electron chi connectivity index (χ3n) is 1.81. The van der Waals surface area contributed by atoms with Crippen LogP contribution >= 0.6 is 12.2 Å². The first-order valence-corrected chi connectivity index (χ1v) is 5.17. The van der Waals surface area contributed by atoms with E-state index < -0.39 is 0 Å². The van der Waals surface area contributed by atoms with E-state index >= 15 is 0 Å². The van der Waals surface area contributed by atoms with Crippen molar-refractivity contribution < 1.29 is 4.79 Å². The molecule has 0 aliphatic carbocycles. The summed E-state index contributed by atoms with van der Waals surface area (Å²) >= 11 is 4.85. The summed E-state index contributed by atoms with van der Waals surface area (Å²) in [5.41, 5.74) is 4.40. The van der Waals surface area contributed by atoms with Crippen LogP contribution in [0.5, 0.6) is 0 Å². The van der Waals surface area contributed by atoms with Crippen LogP contribution < -0.4 is 10.7 Å². The van der Waals surface area contributed by atoms with Crippen molar-refractivity contribution in [2.75, 3.05) is 0 Å². The first-order chi connectivity index (χ1) is 7.59. The average molecular weight is 235 g/mol. The Morgan fingerprint density at radius 3 is 2.44 bits per heavy atom. The Bertz CT molecular complexity index is 414. The van der Waals surface area contributed by atoms with Gasteiger partial charge in [-0.3, -0.25) is 10.2 Å². The number of carbonyl (C=O) groups excluding carboxylic acids is 1. The number of carbonyl (C=O) groups is 1. The molecular weight excluding hydrogens is 222 g/mol. The molecule has 0 aliphatic rings. The number of hydrogen-bond acceptors (Lipinski definition) is 3. The van der Waals surface area contributed by atoms with Crippen LogP contribution in [0.3, 0.4) is 0 Å². The normalized spacial score (nSPS) is 10.8. The van der Waals surface area contributed by atoms with Crippen molar-refractivity contribution in [2.45, 2.75) is 13.8 Å². The van der Waals surface area contributed by atoms with E-state index in [1.54, 1.807) is 0 Å². The highest BCUT2D eigenvalue weighted by Crippen LogP contribution is 1.99. The minimum absolute atomic E-state index is 0.197. The Morgan fingerprint density at radius 1 is 1.25 bits per heavy atom. The number of thiocarbonyl (C=S) groups is 1. The van der Waals surface area contributed by atoms with E-state index in [0.717, 1.165) is 11.3 Å². The third-order valence-corrected chi connectivity index (χ3v) is 2.00. The lowest BCUT2D eigenvalue weighted by molar-refractivity contribution is -0.117. The van der Waals surface area contributed by atoms with Gasteiger partial charge in [0.2, 0.25) is 5.91 Å². The van der Waals surface area contributed by atoms with Crippen LogP contribution in [-0.2, 0) is 4.79 Å². The van der Waals surface area contributed by atoms with Crippen molar-refractivity contribution >= 4 is 28.9 Å². The van der Waals surface area contributed by atoms with Crippen LogP contribution in [0.1, 0.15) is 19.4 Å². The maximum Gasteiger partial charge on any atom is 0.223 e. The number of amides is 1. The van der Waals surface area contributed by atoms with Gasteiger partial charge in [-0.15, -0.1) is 0 Å². The smallest absolute Gasteiger partial charge is 0.223 e. The molecule has 0 spiro atoms. The summed E-state index contributed by atoms with van der Waals surface area (Å²) in [5.74, 6) is -0.218. The number of benzene rings is 1. The molecule has 0 saturated heterocycles. The quantitative estimate of drug-likeness (QED) is 0.463. The standard InChI is InChI=1S/C11H13N3OS/c1-8(10-6-4-3-5-7-10)13-14-11(16)12-9(2)15/h3-7H,1-2H3,(H2,12,14,15,16). The molecule has 0 saturated carbocycles. The summed E-state index contributed by atoms with van der Waals surface area (Å²) in [7, 11) is 0. The van der Waals surface area contributed by atoms with Gasteiger partial charge in [-0.05, 0) is 24.7 Å². The zero-order chi connectivity index (χ0) is 12.0. The van der Waals surface area contributed by atoms with Crippen LogP contribution in [0, 0.1) is 0 Å². The lowest BCUT2D eigenvalue weighted by atomic mass is 10.1. The fourth-order valence-corrected chi connectivity index (χ4v) is 1.26. The van der Waals surface area contributed by atoms with Gasteiger partial charge in [0.1, 0.15) is 0 Å². The lowest BCUT2D eigenvalue weighted by Gasteiger charge is -2.04. The number of hydrogen-bond donors (Lipinski definition) is 2. The molecule has 84 valence electrons. The molecule has 1 amide bonds. The van der Waals surface area contributed by atoms with Crippen molar-refractivity contribution in [3.05, 3.63) is 35.9 Å². The molecule has 0 aliphatic heterocycles. The number of nitrogens with zero attached hydrogens (tertiary/aromatic N) is 1. The molecule has 2 N–H and O–H groups in total. The van der Waals surface area contributed by atoms with Crippen LogP contribution in [0.25, 0.3) is 0 Å². The molecule has 0 bridgehead atoms. The van der Waals surface area contributed by atoms with Gasteiger partial charge in [0, 0.05) is 6.92 Å². The van der Waals surface area contributed by atoms with Crippen molar-refractivity contribution in [1.29, 1.82) is 0 Å². The second-order valence-electron chi connectivity index (χ2n) is 3.19. The average Bonchev–Trinajstić information content (AvgIpc) is 2.26. The van der Waals surface area contributed by atoms with Crippen LogP contribution in [0.4, 0.5) is 0 Å². The molecule has 0 fully saturated rings. The van der Waals surface area contributed by atoms with E-state index in [9.17, 15) is 4.79 Å². The Labute approximate surface area is 99.7 Å². The fraction of sp³-hybridized carbons (Fsp3) is 0.182. The molecule has 16 heavy (non-hydrogen) atoms. The lowest BCUT2D eigenvalue weighted by Crippen LogP contribution is -2.35. The second-order valence-corrected chi connectivity index (χ2v) is 3.59. The fourth-order valence-electron chi connectivity index (χ4n) is 1.07. The highest BCUT2D eigenvalue weighted by molar-refractivity contribution is 7.80. The summed E-state index contributed by atoms with van der Waals surface area (Å²) in [4.78, 5) is 10.7. The highest BCUT2D eigenvalue weighted by atomic mass is 32.1. The van der Waals surface area contributed by atoms with Gasteiger partial charge in [-0.2, -0.15) is 5.10 Å². The zero-order valence-electron chi connectivity index (χ0n) is 9.15. The van der Waals surface area contributed by atoms with Gasteiger partial charge < -0.3 is 5.32 Å². The maximum atomic E-state index is 10.7. The van der Waals surface area contributed by atoms with Gasteiger partial charge in [0.05, 0.1) is 5.71 Å². The Morgan fingerprint density at radius 2 is 1.88 bits per heavy atom. The summed E-state index contributed by atoms with van der Waals surface area (Å²) in [5, 5.41) is 6.68.